The second kappa shape index (κ2) is 5.70. The average molecular weight is 264 g/mol. The summed E-state index contributed by atoms with van der Waals surface area (Å²) in [6.45, 7) is 5.12. The fourth-order valence-electron chi connectivity index (χ4n) is 2.58. The number of halogens is 1. The second-order valence-electron chi connectivity index (χ2n) is 5.48. The normalized spacial score (nSPS) is 21.3. The number of benzene rings is 1. The van der Waals surface area contributed by atoms with Crippen molar-refractivity contribution in [2.24, 2.45) is 11.7 Å². The molecule has 104 valence electrons. The number of rotatable bonds is 2. The molecule has 1 aromatic rings. The smallest absolute Gasteiger partial charge is 0.253 e. The molecule has 0 radical (unpaired) electrons. The van der Waals surface area contributed by atoms with Crippen molar-refractivity contribution in [1.82, 2.24) is 4.90 Å². The predicted molar refractivity (Wildman–Crippen MR) is 73.4 cm³/mol. The van der Waals surface area contributed by atoms with E-state index in [1.165, 1.54) is 6.07 Å². The molecule has 1 amide bonds. The van der Waals surface area contributed by atoms with Gasteiger partial charge in [-0.25, -0.2) is 4.39 Å². The summed E-state index contributed by atoms with van der Waals surface area (Å²) in [6, 6.07) is 4.63. The average Bonchev–Trinajstić information content (AvgIpc) is 2.41. The van der Waals surface area contributed by atoms with Gasteiger partial charge in [0.25, 0.3) is 5.91 Å². The lowest BCUT2D eigenvalue weighted by Crippen LogP contribution is -2.45. The minimum Gasteiger partial charge on any atom is -0.338 e. The summed E-state index contributed by atoms with van der Waals surface area (Å²) in [5.41, 5.74) is 6.99. The summed E-state index contributed by atoms with van der Waals surface area (Å²) in [4.78, 5) is 14.2. The van der Waals surface area contributed by atoms with Crippen LogP contribution in [0.15, 0.2) is 18.2 Å². The van der Waals surface area contributed by atoms with Gasteiger partial charge in [-0.2, -0.15) is 0 Å². The molecule has 0 unspecified atom stereocenters. The van der Waals surface area contributed by atoms with Crippen molar-refractivity contribution in [1.29, 1.82) is 0 Å². The molecule has 2 rings (SSSR count). The van der Waals surface area contributed by atoms with Crippen LogP contribution in [0.4, 0.5) is 4.39 Å². The minimum absolute atomic E-state index is 0.0200. The first kappa shape index (κ1) is 14.0. The van der Waals surface area contributed by atoms with Crippen molar-refractivity contribution in [3.8, 4) is 0 Å². The van der Waals surface area contributed by atoms with Gasteiger partial charge < -0.3 is 10.6 Å². The molecule has 2 N–H and O–H groups in total. The Bertz CT molecular complexity index is 473. The highest BCUT2D eigenvalue weighted by atomic mass is 19.1. The third-order valence-corrected chi connectivity index (χ3v) is 3.89. The summed E-state index contributed by atoms with van der Waals surface area (Å²) < 4.78 is 13.2. The van der Waals surface area contributed by atoms with E-state index in [0.717, 1.165) is 19.4 Å². The third kappa shape index (κ3) is 3.13. The Kier molecular flexibility index (Phi) is 4.20. The van der Waals surface area contributed by atoms with Crippen molar-refractivity contribution in [3.05, 3.63) is 35.1 Å². The van der Waals surface area contributed by atoms with Crippen LogP contribution in [0.5, 0.6) is 0 Å². The van der Waals surface area contributed by atoms with Gasteiger partial charge in [0, 0.05) is 24.7 Å². The van der Waals surface area contributed by atoms with Crippen LogP contribution in [0.3, 0.4) is 0 Å². The molecule has 0 aromatic heterocycles. The lowest BCUT2D eigenvalue weighted by Gasteiger charge is -2.34. The van der Waals surface area contributed by atoms with E-state index in [2.05, 4.69) is 0 Å². The number of piperidine rings is 1. The van der Waals surface area contributed by atoms with Crippen LogP contribution >= 0.6 is 0 Å². The Hall–Kier alpha value is -1.42. The summed E-state index contributed by atoms with van der Waals surface area (Å²) >= 11 is 0. The van der Waals surface area contributed by atoms with E-state index in [9.17, 15) is 9.18 Å². The number of carbonyl (C=O) groups is 1. The fourth-order valence-corrected chi connectivity index (χ4v) is 2.58. The predicted octanol–water partition coefficient (Wildman–Crippen LogP) is 2.33. The monoisotopic (exact) mass is 264 g/mol. The van der Waals surface area contributed by atoms with E-state index in [1.807, 2.05) is 11.8 Å². The topological polar surface area (TPSA) is 46.3 Å². The minimum atomic E-state index is -0.274. The van der Waals surface area contributed by atoms with Gasteiger partial charge >= 0.3 is 0 Å². The lowest BCUT2D eigenvalue weighted by atomic mass is 9.92. The Morgan fingerprint density at radius 2 is 2.26 bits per heavy atom. The zero-order chi connectivity index (χ0) is 14.0. The Balaban J connectivity index is 2.12. The molecule has 19 heavy (non-hydrogen) atoms. The van der Waals surface area contributed by atoms with Crippen molar-refractivity contribution in [2.45, 2.75) is 32.7 Å². The van der Waals surface area contributed by atoms with Crippen LogP contribution in [0.2, 0.25) is 0 Å². The number of amides is 1. The van der Waals surface area contributed by atoms with Gasteiger partial charge in [-0.3, -0.25) is 4.79 Å². The first-order valence-corrected chi connectivity index (χ1v) is 6.80. The molecule has 0 aliphatic carbocycles. The summed E-state index contributed by atoms with van der Waals surface area (Å²) in [6.07, 6.45) is 2.06. The fraction of sp³-hybridized carbons (Fsp3) is 0.533. The zero-order valence-corrected chi connectivity index (χ0v) is 11.5. The van der Waals surface area contributed by atoms with Gasteiger partial charge in [0.2, 0.25) is 0 Å². The highest BCUT2D eigenvalue weighted by molar-refractivity contribution is 5.94. The van der Waals surface area contributed by atoms with Crippen molar-refractivity contribution in [2.75, 3.05) is 13.1 Å². The molecule has 0 bridgehead atoms. The number of hydrogen-bond acceptors (Lipinski definition) is 2. The number of likely N-dealkylation sites (tertiary alicyclic amines) is 1. The van der Waals surface area contributed by atoms with E-state index >= 15 is 0 Å². The molecule has 3 nitrogen and oxygen atoms in total. The molecule has 1 heterocycles. The Morgan fingerprint density at radius 1 is 1.53 bits per heavy atom. The largest absolute Gasteiger partial charge is 0.338 e. The number of carbonyl (C=O) groups excluding carboxylic acids is 1. The molecule has 0 spiro atoms. The number of nitrogens with zero attached hydrogens (tertiary/aromatic N) is 1. The van der Waals surface area contributed by atoms with E-state index in [0.29, 0.717) is 23.6 Å². The van der Waals surface area contributed by atoms with Crippen LogP contribution in [0.1, 0.15) is 35.7 Å². The summed E-state index contributed by atoms with van der Waals surface area (Å²) in [5.74, 6) is 0.0661. The molecule has 1 saturated heterocycles. The van der Waals surface area contributed by atoms with Gasteiger partial charge in [-0.15, -0.1) is 0 Å². The van der Waals surface area contributed by atoms with Gasteiger partial charge in [0.15, 0.2) is 0 Å². The van der Waals surface area contributed by atoms with Gasteiger partial charge in [-0.1, -0.05) is 0 Å². The number of nitrogens with two attached hydrogens (primary N) is 1. The highest BCUT2D eigenvalue weighted by Crippen LogP contribution is 2.21. The maximum atomic E-state index is 13.2. The van der Waals surface area contributed by atoms with Crippen molar-refractivity contribution >= 4 is 5.91 Å². The van der Waals surface area contributed by atoms with Gasteiger partial charge in [-0.05, 0) is 56.4 Å². The van der Waals surface area contributed by atoms with Crippen molar-refractivity contribution in [3.63, 3.8) is 0 Å². The molecule has 1 aromatic carbocycles. The highest BCUT2D eigenvalue weighted by Gasteiger charge is 2.26. The molecule has 0 saturated carbocycles. The van der Waals surface area contributed by atoms with Gasteiger partial charge in [0.05, 0.1) is 0 Å². The SMILES string of the molecule is Cc1cc(C(=O)N2CCC[C@@H]([C@@H](C)N)C2)ccc1F. The summed E-state index contributed by atoms with van der Waals surface area (Å²) in [7, 11) is 0. The number of aryl methyl sites for hydroxylation is 1. The van der Waals surface area contributed by atoms with Crippen LogP contribution in [0.25, 0.3) is 0 Å². The zero-order valence-electron chi connectivity index (χ0n) is 11.5. The van der Waals surface area contributed by atoms with Crippen LogP contribution < -0.4 is 5.73 Å². The molecular formula is C15H21FN2O. The van der Waals surface area contributed by atoms with Crippen molar-refractivity contribution < 1.29 is 9.18 Å². The number of hydrogen-bond donors (Lipinski definition) is 1. The van der Waals surface area contributed by atoms with Gasteiger partial charge in [0.1, 0.15) is 5.82 Å². The summed E-state index contributed by atoms with van der Waals surface area (Å²) in [5, 5.41) is 0. The maximum Gasteiger partial charge on any atom is 0.253 e. The second-order valence-corrected chi connectivity index (χ2v) is 5.48. The Labute approximate surface area is 113 Å². The first-order chi connectivity index (χ1) is 8.99. The molecule has 1 fully saturated rings. The Morgan fingerprint density at radius 3 is 2.89 bits per heavy atom. The van der Waals surface area contributed by atoms with E-state index in [-0.39, 0.29) is 17.8 Å². The lowest BCUT2D eigenvalue weighted by molar-refractivity contribution is 0.0661. The molecule has 1 aliphatic heterocycles. The third-order valence-electron chi connectivity index (χ3n) is 3.89. The molecule has 1 aliphatic rings. The standard InChI is InChI=1S/C15H21FN2O/c1-10-8-12(5-6-14(10)16)15(19)18-7-3-4-13(9-18)11(2)17/h5-6,8,11,13H,3-4,7,9,17H2,1-2H3/t11-,13-/m1/s1. The van der Waals surface area contributed by atoms with E-state index < -0.39 is 0 Å². The van der Waals surface area contributed by atoms with E-state index in [4.69, 9.17) is 5.73 Å². The van der Waals surface area contributed by atoms with Crippen LogP contribution in [0, 0.1) is 18.7 Å². The first-order valence-electron chi connectivity index (χ1n) is 6.80. The quantitative estimate of drug-likeness (QED) is 0.891. The van der Waals surface area contributed by atoms with E-state index in [1.54, 1.807) is 19.1 Å². The van der Waals surface area contributed by atoms with Crippen LogP contribution in [-0.2, 0) is 0 Å². The molecule has 4 heteroatoms. The maximum absolute atomic E-state index is 13.2. The molecular weight excluding hydrogens is 243 g/mol. The van der Waals surface area contributed by atoms with Crippen LogP contribution in [-0.4, -0.2) is 29.9 Å². The molecule has 2 atom stereocenters.